The van der Waals surface area contributed by atoms with E-state index in [2.05, 4.69) is 35.7 Å². The van der Waals surface area contributed by atoms with Crippen molar-refractivity contribution in [1.82, 2.24) is 5.32 Å². The highest BCUT2D eigenvalue weighted by molar-refractivity contribution is 7.98. The molecular weight excluding hydrogens is 416 g/mol. The summed E-state index contributed by atoms with van der Waals surface area (Å²) < 4.78 is 39.5. The molecule has 0 amide bonds. The molecule has 3 aliphatic rings. The minimum absolute atomic E-state index is 0.0642. The standard InChI is InChI=1S/C25H23F2NO2S/c1-15-13-17(5-10-22(15)30-25(26,27)18-6-7-18)20-11-12-28-21-14-23(29-24(20)21)16-3-8-19(31-2)9-4-16/h3-5,8-14,18,21,28H,6-7H2,1-2H3. The lowest BCUT2D eigenvalue weighted by molar-refractivity contribution is -0.192. The second-order valence-electron chi connectivity index (χ2n) is 8.04. The predicted molar refractivity (Wildman–Crippen MR) is 120 cm³/mol. The van der Waals surface area contributed by atoms with Crippen molar-refractivity contribution in [3.8, 4) is 5.75 Å². The van der Waals surface area contributed by atoms with Crippen LogP contribution in [0.1, 0.15) is 29.5 Å². The molecule has 1 atom stereocenters. The summed E-state index contributed by atoms with van der Waals surface area (Å²) in [4.78, 5) is 1.20. The number of benzene rings is 2. The molecule has 0 aromatic heterocycles. The zero-order valence-electron chi connectivity index (χ0n) is 17.3. The van der Waals surface area contributed by atoms with Gasteiger partial charge in [0.1, 0.15) is 23.3 Å². The third kappa shape index (κ3) is 3.97. The smallest absolute Gasteiger partial charge is 0.400 e. The maximum atomic E-state index is 14.1. The topological polar surface area (TPSA) is 30.5 Å². The molecule has 31 heavy (non-hydrogen) atoms. The molecule has 1 fully saturated rings. The van der Waals surface area contributed by atoms with Gasteiger partial charge in [0.15, 0.2) is 0 Å². The van der Waals surface area contributed by atoms with Crippen LogP contribution in [0.4, 0.5) is 8.78 Å². The molecule has 3 nitrogen and oxygen atoms in total. The molecule has 1 N–H and O–H groups in total. The van der Waals surface area contributed by atoms with Gasteiger partial charge in [0, 0.05) is 16.0 Å². The van der Waals surface area contributed by atoms with E-state index in [9.17, 15) is 8.78 Å². The first kappa shape index (κ1) is 20.2. The highest BCUT2D eigenvalue weighted by atomic mass is 32.2. The van der Waals surface area contributed by atoms with E-state index in [1.807, 2.05) is 30.7 Å². The van der Waals surface area contributed by atoms with E-state index in [4.69, 9.17) is 9.47 Å². The van der Waals surface area contributed by atoms with Crippen LogP contribution in [-0.2, 0) is 4.74 Å². The van der Waals surface area contributed by atoms with Crippen LogP contribution in [0.15, 0.2) is 71.5 Å². The number of nitrogens with one attached hydrogen (secondary N) is 1. The Hall–Kier alpha value is -2.73. The Morgan fingerprint density at radius 1 is 1.10 bits per heavy atom. The van der Waals surface area contributed by atoms with Gasteiger partial charge in [-0.1, -0.05) is 18.2 Å². The third-order valence-electron chi connectivity index (χ3n) is 5.77. The van der Waals surface area contributed by atoms with Crippen molar-refractivity contribution < 1.29 is 18.3 Å². The van der Waals surface area contributed by atoms with Gasteiger partial charge in [-0.3, -0.25) is 0 Å². The largest absolute Gasteiger partial charge is 0.458 e. The second kappa shape index (κ2) is 7.75. The van der Waals surface area contributed by atoms with Crippen LogP contribution in [0.5, 0.6) is 5.75 Å². The highest BCUT2D eigenvalue weighted by Gasteiger charge is 2.49. The lowest BCUT2D eigenvalue weighted by atomic mass is 9.98. The van der Waals surface area contributed by atoms with Gasteiger partial charge in [-0.25, -0.2) is 0 Å². The molecular formula is C25H23F2NO2S. The van der Waals surface area contributed by atoms with Crippen molar-refractivity contribution in [3.63, 3.8) is 0 Å². The normalized spacial score (nSPS) is 20.1. The van der Waals surface area contributed by atoms with E-state index in [0.29, 0.717) is 18.4 Å². The number of allylic oxidation sites excluding steroid dienone is 2. The molecule has 0 saturated heterocycles. The number of dihydropyridines is 1. The number of hydrogen-bond acceptors (Lipinski definition) is 4. The molecule has 2 heterocycles. The Morgan fingerprint density at radius 2 is 1.84 bits per heavy atom. The van der Waals surface area contributed by atoms with Gasteiger partial charge in [0.05, 0.1) is 5.92 Å². The summed E-state index contributed by atoms with van der Waals surface area (Å²) in [5.41, 5.74) is 3.53. The maximum absolute atomic E-state index is 14.1. The number of fused-ring (bicyclic) bond motifs is 1. The Balaban J connectivity index is 1.41. The van der Waals surface area contributed by atoms with Crippen molar-refractivity contribution >= 4 is 23.1 Å². The van der Waals surface area contributed by atoms with Gasteiger partial charge < -0.3 is 14.8 Å². The fourth-order valence-electron chi connectivity index (χ4n) is 3.84. The van der Waals surface area contributed by atoms with Gasteiger partial charge in [0.2, 0.25) is 0 Å². The summed E-state index contributed by atoms with van der Waals surface area (Å²) in [5.74, 6) is 1.18. The number of thioether (sulfide) groups is 1. The Labute approximate surface area is 184 Å². The van der Waals surface area contributed by atoms with Crippen LogP contribution in [-0.4, -0.2) is 18.4 Å². The van der Waals surface area contributed by atoms with Gasteiger partial charge in [-0.05, 0) is 79.8 Å². The maximum Gasteiger partial charge on any atom is 0.400 e. The molecule has 2 aromatic rings. The quantitative estimate of drug-likeness (QED) is 0.530. The van der Waals surface area contributed by atoms with E-state index in [-0.39, 0.29) is 11.8 Å². The first-order valence-corrected chi connectivity index (χ1v) is 11.6. The SMILES string of the molecule is CSc1ccc(C2=CC3NC=CC(c4ccc(OC(F)(F)C5CC5)c(C)c4)=C3O2)cc1. The lowest BCUT2D eigenvalue weighted by Crippen LogP contribution is -2.27. The number of aryl methyl sites for hydroxylation is 1. The van der Waals surface area contributed by atoms with Crippen molar-refractivity contribution in [2.45, 2.75) is 36.8 Å². The Bertz CT molecular complexity index is 1100. The summed E-state index contributed by atoms with van der Waals surface area (Å²) in [6, 6.07) is 13.5. The van der Waals surface area contributed by atoms with E-state index < -0.39 is 12.0 Å². The molecule has 0 radical (unpaired) electrons. The van der Waals surface area contributed by atoms with Crippen LogP contribution < -0.4 is 10.1 Å². The average Bonchev–Trinajstić information content (AvgIpc) is 3.55. The molecule has 1 unspecified atom stereocenters. The number of rotatable bonds is 6. The van der Waals surface area contributed by atoms with Gasteiger partial charge >= 0.3 is 6.11 Å². The fraction of sp³-hybridized carbons (Fsp3) is 0.280. The summed E-state index contributed by atoms with van der Waals surface area (Å²) in [7, 11) is 0. The molecule has 1 aliphatic carbocycles. The van der Waals surface area contributed by atoms with Crippen molar-refractivity contribution in [2.24, 2.45) is 5.92 Å². The first-order valence-electron chi connectivity index (χ1n) is 10.3. The molecule has 2 aliphatic heterocycles. The predicted octanol–water partition coefficient (Wildman–Crippen LogP) is 6.37. The molecule has 2 aromatic carbocycles. The van der Waals surface area contributed by atoms with Crippen LogP contribution in [0, 0.1) is 12.8 Å². The van der Waals surface area contributed by atoms with Gasteiger partial charge in [-0.15, -0.1) is 11.8 Å². The minimum Gasteiger partial charge on any atom is -0.458 e. The summed E-state index contributed by atoms with van der Waals surface area (Å²) >= 11 is 1.70. The Morgan fingerprint density at radius 3 is 2.52 bits per heavy atom. The summed E-state index contributed by atoms with van der Waals surface area (Å²) in [5, 5.41) is 3.31. The molecule has 0 bridgehead atoms. The fourth-order valence-corrected chi connectivity index (χ4v) is 4.24. The van der Waals surface area contributed by atoms with Crippen molar-refractivity contribution in [3.05, 3.63) is 83.3 Å². The molecule has 160 valence electrons. The number of alkyl halides is 2. The van der Waals surface area contributed by atoms with E-state index in [0.717, 1.165) is 28.2 Å². The molecule has 0 spiro atoms. The summed E-state index contributed by atoms with van der Waals surface area (Å²) in [6.45, 7) is 1.79. The van der Waals surface area contributed by atoms with Gasteiger partial charge in [-0.2, -0.15) is 8.78 Å². The number of hydrogen-bond donors (Lipinski definition) is 1. The molecule has 1 saturated carbocycles. The Kier molecular flexibility index (Phi) is 5.05. The van der Waals surface area contributed by atoms with Crippen LogP contribution >= 0.6 is 11.8 Å². The number of ether oxygens (including phenoxy) is 2. The van der Waals surface area contributed by atoms with E-state index in [1.54, 1.807) is 24.8 Å². The average molecular weight is 440 g/mol. The minimum atomic E-state index is -3.10. The third-order valence-corrected chi connectivity index (χ3v) is 6.51. The second-order valence-corrected chi connectivity index (χ2v) is 8.92. The zero-order chi connectivity index (χ0) is 21.6. The van der Waals surface area contributed by atoms with E-state index >= 15 is 0 Å². The highest BCUT2D eigenvalue weighted by Crippen LogP contribution is 2.45. The van der Waals surface area contributed by atoms with E-state index in [1.165, 1.54) is 4.90 Å². The van der Waals surface area contributed by atoms with Crippen molar-refractivity contribution in [1.29, 1.82) is 0 Å². The first-order chi connectivity index (χ1) is 14.9. The van der Waals surface area contributed by atoms with Crippen LogP contribution in [0.2, 0.25) is 0 Å². The molecule has 5 rings (SSSR count). The monoisotopic (exact) mass is 439 g/mol. The molecule has 6 heteroatoms. The number of halogens is 2. The lowest BCUT2D eigenvalue weighted by Gasteiger charge is -2.21. The zero-order valence-corrected chi connectivity index (χ0v) is 18.1. The van der Waals surface area contributed by atoms with Gasteiger partial charge in [0.25, 0.3) is 0 Å². The van der Waals surface area contributed by atoms with Crippen molar-refractivity contribution in [2.75, 3.05) is 6.26 Å². The van der Waals surface area contributed by atoms with Crippen LogP contribution in [0.3, 0.4) is 0 Å². The van der Waals surface area contributed by atoms with Crippen LogP contribution in [0.25, 0.3) is 11.3 Å². The summed E-state index contributed by atoms with van der Waals surface area (Å²) in [6.07, 6.45) is 5.89.